The minimum atomic E-state index is -1.11. The number of hydrogen-bond acceptors (Lipinski definition) is 7. The van der Waals surface area contributed by atoms with E-state index in [1.54, 1.807) is 0 Å². The van der Waals surface area contributed by atoms with Crippen molar-refractivity contribution in [2.75, 3.05) is 7.11 Å². The number of nitro benzene ring substituents is 1. The molecule has 1 aromatic heterocycles. The minimum Gasteiger partial charge on any atom is -0.490 e. The molecule has 10 heteroatoms. The topological polar surface area (TPSA) is 133 Å². The Morgan fingerprint density at radius 1 is 1.55 bits per heavy atom. The molecule has 0 aliphatic carbocycles. The van der Waals surface area contributed by atoms with Crippen molar-refractivity contribution >= 4 is 11.7 Å². The van der Waals surface area contributed by atoms with Gasteiger partial charge in [-0.1, -0.05) is 0 Å². The maximum atomic E-state index is 10.9. The Bertz CT molecular complexity index is 668. The van der Waals surface area contributed by atoms with Crippen LogP contribution in [0.1, 0.15) is 5.82 Å². The Kier molecular flexibility index (Phi) is 3.55. The fourth-order valence-corrected chi connectivity index (χ4v) is 1.60. The summed E-state index contributed by atoms with van der Waals surface area (Å²) in [7, 11) is 1.31. The van der Waals surface area contributed by atoms with Crippen LogP contribution in [-0.4, -0.2) is 43.3 Å². The Labute approximate surface area is 111 Å². The van der Waals surface area contributed by atoms with Crippen LogP contribution in [0.15, 0.2) is 18.2 Å². The molecule has 2 rings (SSSR count). The molecule has 0 spiro atoms. The number of nitro groups is 1. The van der Waals surface area contributed by atoms with E-state index in [2.05, 4.69) is 15.5 Å². The van der Waals surface area contributed by atoms with Crippen LogP contribution in [-0.2, 0) is 11.2 Å². The summed E-state index contributed by atoms with van der Waals surface area (Å²) in [4.78, 5) is 21.0. The SMILES string of the molecule is COc1ccc(-n2nnnc2CC(=O)O)cc1[N+](=O)[O-]. The molecule has 0 atom stereocenters. The molecule has 104 valence electrons. The first-order valence-electron chi connectivity index (χ1n) is 5.34. The molecule has 2 aromatic rings. The van der Waals surface area contributed by atoms with Gasteiger partial charge in [0.05, 0.1) is 17.7 Å². The Morgan fingerprint density at radius 2 is 2.30 bits per heavy atom. The van der Waals surface area contributed by atoms with Gasteiger partial charge in [-0.2, -0.15) is 4.68 Å². The van der Waals surface area contributed by atoms with Gasteiger partial charge in [0.15, 0.2) is 11.6 Å². The maximum Gasteiger partial charge on any atom is 0.313 e. The lowest BCUT2D eigenvalue weighted by molar-refractivity contribution is -0.385. The van der Waals surface area contributed by atoms with Crippen LogP contribution < -0.4 is 4.74 Å². The summed E-state index contributed by atoms with van der Waals surface area (Å²) in [6.07, 6.45) is -0.396. The van der Waals surface area contributed by atoms with E-state index in [-0.39, 0.29) is 22.9 Å². The van der Waals surface area contributed by atoms with Crippen molar-refractivity contribution in [3.05, 3.63) is 34.1 Å². The highest BCUT2D eigenvalue weighted by atomic mass is 16.6. The fraction of sp³-hybridized carbons (Fsp3) is 0.200. The van der Waals surface area contributed by atoms with Gasteiger partial charge in [0.25, 0.3) is 0 Å². The zero-order valence-electron chi connectivity index (χ0n) is 10.3. The molecule has 20 heavy (non-hydrogen) atoms. The van der Waals surface area contributed by atoms with Crippen molar-refractivity contribution in [3.8, 4) is 11.4 Å². The molecular formula is C10H9N5O5. The lowest BCUT2D eigenvalue weighted by Gasteiger charge is -2.05. The summed E-state index contributed by atoms with van der Waals surface area (Å²) in [6, 6.07) is 4.09. The number of rotatable bonds is 5. The average molecular weight is 279 g/mol. The Balaban J connectivity index is 2.48. The van der Waals surface area contributed by atoms with E-state index in [9.17, 15) is 14.9 Å². The predicted molar refractivity (Wildman–Crippen MR) is 63.7 cm³/mol. The van der Waals surface area contributed by atoms with Crippen molar-refractivity contribution in [3.63, 3.8) is 0 Å². The van der Waals surface area contributed by atoms with Gasteiger partial charge < -0.3 is 9.84 Å². The fourth-order valence-electron chi connectivity index (χ4n) is 1.60. The van der Waals surface area contributed by atoms with E-state index in [0.717, 1.165) is 4.68 Å². The largest absolute Gasteiger partial charge is 0.490 e. The van der Waals surface area contributed by atoms with Gasteiger partial charge in [0, 0.05) is 6.07 Å². The highest BCUT2D eigenvalue weighted by molar-refractivity contribution is 5.69. The predicted octanol–water partition coefficient (Wildman–Crippen LogP) is 0.206. The molecule has 1 aromatic carbocycles. The molecule has 0 bridgehead atoms. The van der Waals surface area contributed by atoms with Gasteiger partial charge in [-0.15, -0.1) is 5.10 Å². The number of tetrazole rings is 1. The van der Waals surface area contributed by atoms with Gasteiger partial charge in [-0.05, 0) is 22.6 Å². The van der Waals surface area contributed by atoms with E-state index in [0.29, 0.717) is 0 Å². The summed E-state index contributed by atoms with van der Waals surface area (Å²) in [5.74, 6) is -0.951. The van der Waals surface area contributed by atoms with Gasteiger partial charge in [-0.25, -0.2) is 0 Å². The first-order chi connectivity index (χ1) is 9.52. The standard InChI is InChI=1S/C10H9N5O5/c1-20-8-3-2-6(4-7(8)15(18)19)14-9(5-10(16)17)11-12-13-14/h2-4H,5H2,1H3,(H,16,17). The monoisotopic (exact) mass is 279 g/mol. The highest BCUT2D eigenvalue weighted by Gasteiger charge is 2.18. The van der Waals surface area contributed by atoms with Gasteiger partial charge in [-0.3, -0.25) is 14.9 Å². The molecule has 0 aliphatic rings. The van der Waals surface area contributed by atoms with E-state index in [1.807, 2.05) is 0 Å². The number of hydrogen-bond donors (Lipinski definition) is 1. The third-order valence-electron chi connectivity index (χ3n) is 2.45. The number of aliphatic carboxylic acids is 1. The normalized spacial score (nSPS) is 10.2. The van der Waals surface area contributed by atoms with Crippen LogP contribution in [0, 0.1) is 10.1 Å². The van der Waals surface area contributed by atoms with Gasteiger partial charge >= 0.3 is 11.7 Å². The minimum absolute atomic E-state index is 0.0666. The van der Waals surface area contributed by atoms with Crippen molar-refractivity contribution in [2.45, 2.75) is 6.42 Å². The van der Waals surface area contributed by atoms with Crippen LogP contribution in [0.5, 0.6) is 5.75 Å². The van der Waals surface area contributed by atoms with Crippen LogP contribution in [0.2, 0.25) is 0 Å². The van der Waals surface area contributed by atoms with Crippen molar-refractivity contribution < 1.29 is 19.6 Å². The number of carboxylic acids is 1. The second-order valence-electron chi connectivity index (χ2n) is 3.69. The van der Waals surface area contributed by atoms with Crippen LogP contribution in [0.25, 0.3) is 5.69 Å². The molecule has 0 radical (unpaired) electrons. The quantitative estimate of drug-likeness (QED) is 0.606. The zero-order chi connectivity index (χ0) is 14.7. The molecule has 0 aliphatic heterocycles. The van der Waals surface area contributed by atoms with E-state index in [4.69, 9.17) is 9.84 Å². The molecular weight excluding hydrogens is 270 g/mol. The Hall–Kier alpha value is -3.04. The summed E-state index contributed by atoms with van der Waals surface area (Å²) in [6.45, 7) is 0. The second-order valence-corrected chi connectivity index (χ2v) is 3.69. The summed E-state index contributed by atoms with van der Waals surface area (Å²) < 4.78 is 6.00. The number of carbonyl (C=O) groups is 1. The molecule has 10 nitrogen and oxygen atoms in total. The maximum absolute atomic E-state index is 10.9. The van der Waals surface area contributed by atoms with Gasteiger partial charge in [0.2, 0.25) is 0 Å². The molecule has 0 saturated heterocycles. The Morgan fingerprint density at radius 3 is 2.90 bits per heavy atom. The molecule has 0 saturated carbocycles. The smallest absolute Gasteiger partial charge is 0.313 e. The van der Waals surface area contributed by atoms with E-state index < -0.39 is 17.3 Å². The van der Waals surface area contributed by atoms with Gasteiger partial charge in [0.1, 0.15) is 6.42 Å². The molecule has 0 unspecified atom stereocenters. The third kappa shape index (κ3) is 2.53. The summed E-state index contributed by atoms with van der Waals surface area (Å²) in [5, 5.41) is 30.2. The summed E-state index contributed by atoms with van der Waals surface area (Å²) >= 11 is 0. The number of methoxy groups -OCH3 is 1. The number of aromatic nitrogens is 4. The average Bonchev–Trinajstić information content (AvgIpc) is 2.85. The first kappa shape index (κ1) is 13.4. The van der Waals surface area contributed by atoms with E-state index >= 15 is 0 Å². The number of benzene rings is 1. The van der Waals surface area contributed by atoms with Crippen LogP contribution >= 0.6 is 0 Å². The van der Waals surface area contributed by atoms with Crippen molar-refractivity contribution in [1.29, 1.82) is 0 Å². The molecule has 1 N–H and O–H groups in total. The highest BCUT2D eigenvalue weighted by Crippen LogP contribution is 2.28. The summed E-state index contributed by atoms with van der Waals surface area (Å²) in [5.41, 5.74) is 0.0144. The lowest BCUT2D eigenvalue weighted by atomic mass is 10.2. The van der Waals surface area contributed by atoms with Crippen LogP contribution in [0.3, 0.4) is 0 Å². The number of ether oxygens (including phenoxy) is 1. The molecule has 0 amide bonds. The molecule has 1 heterocycles. The first-order valence-corrected chi connectivity index (χ1v) is 5.34. The van der Waals surface area contributed by atoms with Crippen molar-refractivity contribution in [1.82, 2.24) is 20.2 Å². The van der Waals surface area contributed by atoms with E-state index in [1.165, 1.54) is 25.3 Å². The lowest BCUT2D eigenvalue weighted by Crippen LogP contribution is -2.09. The third-order valence-corrected chi connectivity index (χ3v) is 2.45. The second kappa shape index (κ2) is 5.30. The number of carboxylic acid groups (broad SMARTS) is 1. The zero-order valence-corrected chi connectivity index (χ0v) is 10.3. The van der Waals surface area contributed by atoms with Crippen molar-refractivity contribution in [2.24, 2.45) is 0 Å². The van der Waals surface area contributed by atoms with Crippen LogP contribution in [0.4, 0.5) is 5.69 Å². The molecule has 0 fully saturated rings. The number of nitrogens with zero attached hydrogens (tertiary/aromatic N) is 5.